The van der Waals surface area contributed by atoms with E-state index in [1.54, 1.807) is 4.68 Å². The third-order valence-electron chi connectivity index (χ3n) is 4.42. The van der Waals surface area contributed by atoms with Crippen molar-refractivity contribution in [2.24, 2.45) is 5.92 Å². The van der Waals surface area contributed by atoms with E-state index in [2.05, 4.69) is 22.4 Å². The van der Waals surface area contributed by atoms with E-state index in [9.17, 15) is 4.79 Å². The van der Waals surface area contributed by atoms with Crippen molar-refractivity contribution in [3.8, 4) is 0 Å². The first kappa shape index (κ1) is 14.7. The van der Waals surface area contributed by atoms with E-state index in [-0.39, 0.29) is 5.91 Å². The Labute approximate surface area is 129 Å². The zero-order chi connectivity index (χ0) is 14.8. The molecule has 1 aromatic heterocycles. The number of nitrogens with zero attached hydrogens (tertiary/aromatic N) is 3. The summed E-state index contributed by atoms with van der Waals surface area (Å²) in [7, 11) is 0. The minimum Gasteiger partial charge on any atom is -0.352 e. The molecule has 0 aliphatic heterocycles. The fourth-order valence-corrected chi connectivity index (χ4v) is 3.59. The number of nitrogens with one attached hydrogen (secondary N) is 1. The maximum absolute atomic E-state index is 12.1. The quantitative estimate of drug-likeness (QED) is 0.638. The molecule has 2 saturated carbocycles. The van der Waals surface area contributed by atoms with E-state index in [4.69, 9.17) is 5.84 Å². The van der Waals surface area contributed by atoms with Gasteiger partial charge in [-0.3, -0.25) is 4.79 Å². The summed E-state index contributed by atoms with van der Waals surface area (Å²) in [6.07, 6.45) is 7.07. The predicted molar refractivity (Wildman–Crippen MR) is 82.4 cm³/mol. The van der Waals surface area contributed by atoms with Gasteiger partial charge >= 0.3 is 0 Å². The third-order valence-corrected chi connectivity index (χ3v) is 5.37. The molecule has 21 heavy (non-hydrogen) atoms. The average molecular weight is 309 g/mol. The van der Waals surface area contributed by atoms with Crippen molar-refractivity contribution in [3.05, 3.63) is 5.82 Å². The molecule has 1 aromatic rings. The number of hydrogen-bond acceptors (Lipinski definition) is 5. The number of carbonyl (C=O) groups is 1. The van der Waals surface area contributed by atoms with Crippen LogP contribution in [-0.2, 0) is 4.79 Å². The maximum Gasteiger partial charge on any atom is 0.230 e. The van der Waals surface area contributed by atoms with E-state index in [1.165, 1.54) is 31.0 Å². The SMILES string of the molecule is C[C@@H]1CCCC[C@H]1NC(=O)CSc1nnc(C2CC2)n1N. The smallest absolute Gasteiger partial charge is 0.230 e. The van der Waals surface area contributed by atoms with Gasteiger partial charge in [-0.25, -0.2) is 4.68 Å². The number of nitrogen functional groups attached to an aromatic ring is 1. The minimum atomic E-state index is 0.0646. The van der Waals surface area contributed by atoms with Crippen molar-refractivity contribution in [3.63, 3.8) is 0 Å². The topological polar surface area (TPSA) is 85.8 Å². The molecule has 2 aliphatic carbocycles. The molecule has 116 valence electrons. The first-order valence-corrected chi connectivity index (χ1v) is 8.76. The molecule has 2 atom stereocenters. The normalized spacial score (nSPS) is 25.8. The lowest BCUT2D eigenvalue weighted by atomic mass is 9.86. The molecule has 6 nitrogen and oxygen atoms in total. The van der Waals surface area contributed by atoms with Crippen molar-refractivity contribution < 1.29 is 4.79 Å². The number of nitrogens with two attached hydrogens (primary N) is 1. The van der Waals surface area contributed by atoms with Crippen molar-refractivity contribution >= 4 is 17.7 Å². The van der Waals surface area contributed by atoms with E-state index in [1.807, 2.05) is 0 Å². The molecule has 2 fully saturated rings. The Bertz CT molecular complexity index is 513. The number of aromatic nitrogens is 3. The van der Waals surface area contributed by atoms with Gasteiger partial charge in [-0.15, -0.1) is 10.2 Å². The van der Waals surface area contributed by atoms with Crippen LogP contribution in [0.2, 0.25) is 0 Å². The van der Waals surface area contributed by atoms with Gasteiger partial charge in [0.15, 0.2) is 5.82 Å². The highest BCUT2D eigenvalue weighted by atomic mass is 32.2. The number of hydrogen-bond donors (Lipinski definition) is 2. The summed E-state index contributed by atoms with van der Waals surface area (Å²) in [5.41, 5.74) is 0. The van der Waals surface area contributed by atoms with Crippen molar-refractivity contribution in [1.29, 1.82) is 0 Å². The molecule has 0 aromatic carbocycles. The molecule has 0 radical (unpaired) electrons. The summed E-state index contributed by atoms with van der Waals surface area (Å²) < 4.78 is 1.54. The Morgan fingerprint density at radius 2 is 2.10 bits per heavy atom. The highest BCUT2D eigenvalue weighted by Gasteiger charge is 2.30. The fourth-order valence-electron chi connectivity index (χ4n) is 2.92. The van der Waals surface area contributed by atoms with Gasteiger partial charge in [-0.05, 0) is 31.6 Å². The largest absolute Gasteiger partial charge is 0.352 e. The Hall–Kier alpha value is -1.24. The van der Waals surface area contributed by atoms with Crippen LogP contribution in [0, 0.1) is 5.92 Å². The van der Waals surface area contributed by atoms with Gasteiger partial charge in [-0.2, -0.15) is 0 Å². The van der Waals surface area contributed by atoms with Crippen LogP contribution in [0.3, 0.4) is 0 Å². The van der Waals surface area contributed by atoms with Gasteiger partial charge in [0.25, 0.3) is 0 Å². The molecule has 2 aliphatic rings. The predicted octanol–water partition coefficient (Wildman–Crippen LogP) is 1.66. The number of rotatable bonds is 5. The summed E-state index contributed by atoms with van der Waals surface area (Å²) in [4.78, 5) is 12.1. The van der Waals surface area contributed by atoms with Crippen LogP contribution >= 0.6 is 11.8 Å². The highest BCUT2D eigenvalue weighted by molar-refractivity contribution is 7.99. The Kier molecular flexibility index (Phi) is 4.37. The zero-order valence-corrected chi connectivity index (χ0v) is 13.2. The average Bonchev–Trinajstić information content (AvgIpc) is 3.24. The zero-order valence-electron chi connectivity index (χ0n) is 12.4. The molecule has 1 amide bonds. The first-order valence-electron chi connectivity index (χ1n) is 7.77. The minimum absolute atomic E-state index is 0.0646. The summed E-state index contributed by atoms with van der Waals surface area (Å²) >= 11 is 1.36. The first-order chi connectivity index (χ1) is 10.1. The summed E-state index contributed by atoms with van der Waals surface area (Å²) in [6, 6.07) is 0.324. The van der Waals surface area contributed by atoms with Gasteiger partial charge < -0.3 is 11.2 Å². The lowest BCUT2D eigenvalue weighted by Gasteiger charge is -2.29. The second kappa shape index (κ2) is 6.25. The molecule has 0 spiro atoms. The van der Waals surface area contributed by atoms with Crippen molar-refractivity contribution in [2.45, 2.75) is 62.6 Å². The number of carbonyl (C=O) groups excluding carboxylic acids is 1. The lowest BCUT2D eigenvalue weighted by molar-refractivity contribution is -0.119. The van der Waals surface area contributed by atoms with E-state index < -0.39 is 0 Å². The number of amides is 1. The molecular formula is C14H23N5OS. The van der Waals surface area contributed by atoms with Crippen molar-refractivity contribution in [2.75, 3.05) is 11.6 Å². The van der Waals surface area contributed by atoms with Gasteiger partial charge in [0, 0.05) is 12.0 Å². The third kappa shape index (κ3) is 3.51. The van der Waals surface area contributed by atoms with Gasteiger partial charge in [0.1, 0.15) is 0 Å². The van der Waals surface area contributed by atoms with E-state index in [0.717, 1.165) is 25.1 Å². The summed E-state index contributed by atoms with van der Waals surface area (Å²) in [5, 5.41) is 12.0. The van der Waals surface area contributed by atoms with Gasteiger partial charge in [0.2, 0.25) is 11.1 Å². The molecule has 1 heterocycles. The maximum atomic E-state index is 12.1. The Morgan fingerprint density at radius 1 is 1.33 bits per heavy atom. The number of thioether (sulfide) groups is 1. The Balaban J connectivity index is 1.49. The van der Waals surface area contributed by atoms with Crippen molar-refractivity contribution in [1.82, 2.24) is 20.2 Å². The van der Waals surface area contributed by atoms with Crippen LogP contribution in [0.25, 0.3) is 0 Å². The molecule has 0 unspecified atom stereocenters. The highest BCUT2D eigenvalue weighted by Crippen LogP contribution is 2.39. The molecule has 0 saturated heterocycles. The van der Waals surface area contributed by atoms with Crippen LogP contribution in [0.1, 0.15) is 57.2 Å². The lowest BCUT2D eigenvalue weighted by Crippen LogP contribution is -2.41. The monoisotopic (exact) mass is 309 g/mol. The van der Waals surface area contributed by atoms with E-state index in [0.29, 0.717) is 28.8 Å². The Morgan fingerprint density at radius 3 is 2.81 bits per heavy atom. The molecule has 3 N–H and O–H groups in total. The molecular weight excluding hydrogens is 286 g/mol. The standard InChI is InChI=1S/C14H23N5OS/c1-9-4-2-3-5-11(9)16-12(20)8-21-14-18-17-13(19(14)15)10-6-7-10/h9-11H,2-8,15H2,1H3,(H,16,20)/t9-,11-/m1/s1. The van der Waals surface area contributed by atoms with Crippen LogP contribution in [0.4, 0.5) is 0 Å². The second-order valence-electron chi connectivity index (χ2n) is 6.21. The van der Waals surface area contributed by atoms with Crippen LogP contribution in [-0.4, -0.2) is 32.6 Å². The van der Waals surface area contributed by atoms with Crippen LogP contribution < -0.4 is 11.2 Å². The molecule has 3 rings (SSSR count). The van der Waals surface area contributed by atoms with Crippen LogP contribution in [0.5, 0.6) is 0 Å². The fraction of sp³-hybridized carbons (Fsp3) is 0.786. The summed E-state index contributed by atoms with van der Waals surface area (Å²) in [6.45, 7) is 2.22. The van der Waals surface area contributed by atoms with E-state index >= 15 is 0 Å². The van der Waals surface area contributed by atoms with Gasteiger partial charge in [0.05, 0.1) is 5.75 Å². The van der Waals surface area contributed by atoms with Gasteiger partial charge in [-0.1, -0.05) is 31.5 Å². The summed E-state index contributed by atoms with van der Waals surface area (Å²) in [5.74, 6) is 8.28. The second-order valence-corrected chi connectivity index (χ2v) is 7.15. The molecule has 0 bridgehead atoms. The molecule has 7 heteroatoms. The van der Waals surface area contributed by atoms with Crippen LogP contribution in [0.15, 0.2) is 5.16 Å².